The molecule has 0 unspecified atom stereocenters. The van der Waals surface area contributed by atoms with E-state index in [1.54, 1.807) is 18.2 Å². The lowest BCUT2D eigenvalue weighted by molar-refractivity contribution is 0.103. The van der Waals surface area contributed by atoms with Gasteiger partial charge in [0.2, 0.25) is 0 Å². The van der Waals surface area contributed by atoms with E-state index in [2.05, 4.69) is 0 Å². The van der Waals surface area contributed by atoms with Gasteiger partial charge in [0.05, 0.1) is 6.54 Å². The van der Waals surface area contributed by atoms with Crippen LogP contribution in [0.15, 0.2) is 89.3 Å². The molecule has 0 spiro atoms. The number of ketones is 1. The maximum atomic E-state index is 13.6. The van der Waals surface area contributed by atoms with Gasteiger partial charge in [0.15, 0.2) is 5.78 Å². The minimum atomic E-state index is -0.379. The summed E-state index contributed by atoms with van der Waals surface area (Å²) in [5, 5.41) is 0.899. The van der Waals surface area contributed by atoms with Crippen LogP contribution in [0.1, 0.15) is 34.2 Å². The molecule has 4 aromatic carbocycles. The Bertz CT molecular complexity index is 1530. The Morgan fingerprint density at radius 3 is 2.09 bits per heavy atom. The number of halogens is 2. The summed E-state index contributed by atoms with van der Waals surface area (Å²) in [7, 11) is 0. The summed E-state index contributed by atoms with van der Waals surface area (Å²) in [5.41, 5.74) is 12.1. The number of furan rings is 1. The smallest absolute Gasteiger partial charge is 0.193 e. The normalized spacial score (nSPS) is 11.2. The minimum Gasteiger partial charge on any atom is -0.459 e. The number of benzene rings is 4. The minimum absolute atomic E-state index is 0.156. The van der Waals surface area contributed by atoms with Crippen LogP contribution in [-0.4, -0.2) is 5.78 Å². The van der Waals surface area contributed by atoms with Gasteiger partial charge in [0, 0.05) is 22.1 Å². The third-order valence-corrected chi connectivity index (χ3v) is 6.19. The maximum Gasteiger partial charge on any atom is 0.193 e. The van der Waals surface area contributed by atoms with Crippen molar-refractivity contribution in [3.05, 3.63) is 119 Å². The molecule has 5 heteroatoms. The van der Waals surface area contributed by atoms with Gasteiger partial charge in [0.25, 0.3) is 0 Å². The quantitative estimate of drug-likeness (QED) is 0.267. The molecule has 0 saturated carbocycles. The number of hydrogen-bond donors (Lipinski definition) is 1. The Kier molecular flexibility index (Phi) is 6.01. The van der Waals surface area contributed by atoms with E-state index in [4.69, 9.17) is 10.2 Å². The first kappa shape index (κ1) is 22.7. The van der Waals surface area contributed by atoms with E-state index in [-0.39, 0.29) is 24.0 Å². The van der Waals surface area contributed by atoms with Crippen LogP contribution in [0.5, 0.6) is 0 Å². The zero-order valence-electron chi connectivity index (χ0n) is 19.1. The fourth-order valence-electron chi connectivity index (χ4n) is 4.38. The molecule has 0 aliphatic carbocycles. The highest BCUT2D eigenvalue weighted by Gasteiger charge is 2.16. The number of carbonyl (C=O) groups is 1. The summed E-state index contributed by atoms with van der Waals surface area (Å²) in [6.45, 7) is 2.31. The van der Waals surface area contributed by atoms with Crippen molar-refractivity contribution in [1.82, 2.24) is 0 Å². The average Bonchev–Trinajstić information content (AvgIpc) is 3.32. The van der Waals surface area contributed by atoms with Crippen LogP contribution < -0.4 is 5.73 Å². The number of carbonyl (C=O) groups excluding carboxylic acids is 1. The van der Waals surface area contributed by atoms with Crippen LogP contribution in [0.3, 0.4) is 0 Å². The van der Waals surface area contributed by atoms with Crippen molar-refractivity contribution in [3.63, 3.8) is 0 Å². The van der Waals surface area contributed by atoms with E-state index in [1.165, 1.54) is 36.4 Å². The first-order valence-corrected chi connectivity index (χ1v) is 11.4. The van der Waals surface area contributed by atoms with Crippen molar-refractivity contribution >= 4 is 16.8 Å². The lowest BCUT2D eigenvalue weighted by atomic mass is 9.91. The predicted octanol–water partition coefficient (Wildman–Crippen LogP) is 7.30. The zero-order valence-corrected chi connectivity index (χ0v) is 19.1. The Balaban J connectivity index is 1.63. The predicted molar refractivity (Wildman–Crippen MR) is 134 cm³/mol. The van der Waals surface area contributed by atoms with Gasteiger partial charge in [-0.05, 0) is 89.3 Å². The molecule has 3 nitrogen and oxygen atoms in total. The second-order valence-corrected chi connectivity index (χ2v) is 8.43. The second kappa shape index (κ2) is 9.28. The Morgan fingerprint density at radius 2 is 1.43 bits per heavy atom. The number of hydrogen-bond acceptors (Lipinski definition) is 3. The molecule has 0 fully saturated rings. The van der Waals surface area contributed by atoms with Crippen molar-refractivity contribution in [2.24, 2.45) is 5.73 Å². The van der Waals surface area contributed by atoms with Crippen LogP contribution in [0.4, 0.5) is 8.78 Å². The highest BCUT2D eigenvalue weighted by atomic mass is 19.1. The van der Waals surface area contributed by atoms with Crippen molar-refractivity contribution < 1.29 is 18.0 Å². The molecular weight excluding hydrogens is 444 g/mol. The number of rotatable bonds is 6. The molecule has 174 valence electrons. The molecular formula is C30H23F2NO2. The number of aryl methyl sites for hydroxylation is 1. The fraction of sp³-hybridized carbons (Fsp3) is 0.100. The van der Waals surface area contributed by atoms with Crippen LogP contribution in [0.25, 0.3) is 33.2 Å². The van der Waals surface area contributed by atoms with Gasteiger partial charge < -0.3 is 10.2 Å². The van der Waals surface area contributed by atoms with Gasteiger partial charge in [-0.1, -0.05) is 31.2 Å². The highest BCUT2D eigenvalue weighted by molar-refractivity contribution is 6.09. The topological polar surface area (TPSA) is 56.2 Å². The molecule has 5 rings (SSSR count). The summed E-state index contributed by atoms with van der Waals surface area (Å²) < 4.78 is 32.9. The summed E-state index contributed by atoms with van der Waals surface area (Å²) in [5.74, 6) is -0.180. The molecule has 0 aliphatic heterocycles. The molecule has 0 atom stereocenters. The Hall–Kier alpha value is -4.09. The third-order valence-electron chi connectivity index (χ3n) is 6.19. The van der Waals surface area contributed by atoms with Gasteiger partial charge in [-0.25, -0.2) is 8.78 Å². The molecule has 2 N–H and O–H groups in total. The second-order valence-electron chi connectivity index (χ2n) is 8.43. The molecule has 0 aliphatic rings. The number of fused-ring (bicyclic) bond motifs is 1. The molecule has 1 aromatic heterocycles. The van der Waals surface area contributed by atoms with Crippen molar-refractivity contribution in [3.8, 4) is 22.3 Å². The first-order valence-electron chi connectivity index (χ1n) is 11.4. The summed E-state index contributed by atoms with van der Waals surface area (Å²) >= 11 is 0. The Morgan fingerprint density at radius 1 is 0.771 bits per heavy atom. The molecule has 1 heterocycles. The van der Waals surface area contributed by atoms with E-state index in [1.807, 2.05) is 37.3 Å². The van der Waals surface area contributed by atoms with E-state index < -0.39 is 0 Å². The van der Waals surface area contributed by atoms with Crippen molar-refractivity contribution in [2.45, 2.75) is 19.9 Å². The van der Waals surface area contributed by atoms with E-state index >= 15 is 0 Å². The largest absolute Gasteiger partial charge is 0.459 e. The molecule has 35 heavy (non-hydrogen) atoms. The monoisotopic (exact) mass is 467 g/mol. The highest BCUT2D eigenvalue weighted by Crippen LogP contribution is 2.37. The van der Waals surface area contributed by atoms with Gasteiger partial charge in [-0.3, -0.25) is 4.79 Å². The lowest BCUT2D eigenvalue weighted by Crippen LogP contribution is -2.03. The SMILES string of the molecule is CCc1cc(C(=O)c2ccc(F)cc2)ccc1-c1cc(-c2ccc(F)cc2)c2oc(CN)cc2c1. The van der Waals surface area contributed by atoms with E-state index in [0.29, 0.717) is 28.9 Å². The molecule has 0 bridgehead atoms. The van der Waals surface area contributed by atoms with Crippen LogP contribution >= 0.6 is 0 Å². The van der Waals surface area contributed by atoms with Gasteiger partial charge in [0.1, 0.15) is 23.0 Å². The first-order chi connectivity index (χ1) is 17.0. The molecule has 0 radical (unpaired) electrons. The average molecular weight is 468 g/mol. The van der Waals surface area contributed by atoms with Crippen molar-refractivity contribution in [2.75, 3.05) is 0 Å². The summed E-state index contributed by atoms with van der Waals surface area (Å²) in [6.07, 6.45) is 0.712. The molecule has 5 aromatic rings. The lowest BCUT2D eigenvalue weighted by Gasteiger charge is -2.13. The van der Waals surface area contributed by atoms with E-state index in [9.17, 15) is 13.6 Å². The van der Waals surface area contributed by atoms with Crippen LogP contribution in [0.2, 0.25) is 0 Å². The third kappa shape index (κ3) is 4.38. The zero-order chi connectivity index (χ0) is 24.5. The van der Waals surface area contributed by atoms with Crippen molar-refractivity contribution in [1.29, 1.82) is 0 Å². The fourth-order valence-corrected chi connectivity index (χ4v) is 4.38. The maximum absolute atomic E-state index is 13.6. The van der Waals surface area contributed by atoms with Gasteiger partial charge >= 0.3 is 0 Å². The standard InChI is InChI=1S/C30H23F2NO2/c1-2-18-13-21(29(34)20-5-10-25(32)11-6-20)7-12-27(18)22-14-23-15-26(17-33)35-30(23)28(16-22)19-3-8-24(31)9-4-19/h3-16H,2,17,33H2,1H3. The number of nitrogens with two attached hydrogens (primary N) is 1. The van der Waals surface area contributed by atoms with Gasteiger partial charge in [-0.2, -0.15) is 0 Å². The molecule has 0 amide bonds. The van der Waals surface area contributed by atoms with E-state index in [0.717, 1.165) is 33.2 Å². The molecule has 0 saturated heterocycles. The van der Waals surface area contributed by atoms with Gasteiger partial charge in [-0.15, -0.1) is 0 Å². The summed E-state index contributed by atoms with van der Waals surface area (Å²) in [6, 6.07) is 23.5. The Labute approximate surface area is 201 Å². The van der Waals surface area contributed by atoms with Crippen LogP contribution in [0, 0.1) is 11.6 Å². The van der Waals surface area contributed by atoms with Crippen LogP contribution in [-0.2, 0) is 13.0 Å². The summed E-state index contributed by atoms with van der Waals surface area (Å²) in [4.78, 5) is 13.0.